The SMILES string of the molecule is CSc1ccc(C(=O)Cl)cn1. The van der Waals surface area contributed by atoms with Gasteiger partial charge in [-0.05, 0) is 30.0 Å². The summed E-state index contributed by atoms with van der Waals surface area (Å²) in [5.74, 6) is 0. The van der Waals surface area contributed by atoms with Crippen molar-refractivity contribution in [1.82, 2.24) is 4.98 Å². The van der Waals surface area contributed by atoms with Crippen molar-refractivity contribution in [1.29, 1.82) is 0 Å². The molecule has 4 heteroatoms. The van der Waals surface area contributed by atoms with Gasteiger partial charge < -0.3 is 0 Å². The Hall–Kier alpha value is -0.540. The van der Waals surface area contributed by atoms with Crippen molar-refractivity contribution < 1.29 is 4.79 Å². The van der Waals surface area contributed by atoms with Crippen LogP contribution in [0, 0.1) is 0 Å². The van der Waals surface area contributed by atoms with E-state index in [1.165, 1.54) is 18.0 Å². The number of pyridine rings is 1. The molecule has 0 fully saturated rings. The zero-order chi connectivity index (χ0) is 8.27. The van der Waals surface area contributed by atoms with E-state index in [9.17, 15) is 4.79 Å². The van der Waals surface area contributed by atoms with Crippen molar-refractivity contribution in [3.05, 3.63) is 23.9 Å². The molecule has 0 saturated carbocycles. The number of halogens is 1. The van der Waals surface area contributed by atoms with Gasteiger partial charge in [0.2, 0.25) is 0 Å². The third kappa shape index (κ3) is 2.20. The van der Waals surface area contributed by atoms with Crippen molar-refractivity contribution in [3.8, 4) is 0 Å². The van der Waals surface area contributed by atoms with Gasteiger partial charge in [0.25, 0.3) is 5.24 Å². The lowest BCUT2D eigenvalue weighted by Gasteiger charge is -1.94. The molecule has 58 valence electrons. The van der Waals surface area contributed by atoms with Crippen LogP contribution in [0.5, 0.6) is 0 Å². The maximum absolute atomic E-state index is 10.6. The van der Waals surface area contributed by atoms with Gasteiger partial charge in [0, 0.05) is 6.20 Å². The molecule has 0 aromatic carbocycles. The largest absolute Gasteiger partial charge is 0.276 e. The van der Waals surface area contributed by atoms with Crippen molar-refractivity contribution >= 4 is 28.6 Å². The number of thioether (sulfide) groups is 1. The van der Waals surface area contributed by atoms with Gasteiger partial charge in [-0.2, -0.15) is 0 Å². The molecule has 0 unspecified atom stereocenters. The third-order valence-electron chi connectivity index (χ3n) is 1.17. The molecule has 2 nitrogen and oxygen atoms in total. The van der Waals surface area contributed by atoms with Crippen LogP contribution in [-0.2, 0) is 0 Å². The van der Waals surface area contributed by atoms with Gasteiger partial charge in [0.05, 0.1) is 10.6 Å². The number of nitrogens with zero attached hydrogens (tertiary/aromatic N) is 1. The van der Waals surface area contributed by atoms with Gasteiger partial charge in [-0.15, -0.1) is 11.8 Å². The topological polar surface area (TPSA) is 30.0 Å². The van der Waals surface area contributed by atoms with E-state index >= 15 is 0 Å². The fourth-order valence-electron chi connectivity index (χ4n) is 0.617. The van der Waals surface area contributed by atoms with E-state index in [0.717, 1.165) is 5.03 Å². The molecule has 0 saturated heterocycles. The first-order chi connectivity index (χ1) is 5.24. The van der Waals surface area contributed by atoms with Crippen LogP contribution in [-0.4, -0.2) is 16.5 Å². The minimum Gasteiger partial charge on any atom is -0.276 e. The van der Waals surface area contributed by atoms with E-state index < -0.39 is 5.24 Å². The summed E-state index contributed by atoms with van der Waals surface area (Å²) in [5, 5.41) is 0.414. The van der Waals surface area contributed by atoms with E-state index in [0.29, 0.717) is 5.56 Å². The summed E-state index contributed by atoms with van der Waals surface area (Å²) in [6, 6.07) is 3.43. The predicted molar refractivity (Wildman–Crippen MR) is 46.2 cm³/mol. The molecule has 0 spiro atoms. The van der Waals surface area contributed by atoms with Crippen LogP contribution in [0.25, 0.3) is 0 Å². The molecule has 0 N–H and O–H groups in total. The zero-order valence-electron chi connectivity index (χ0n) is 5.87. The zero-order valence-corrected chi connectivity index (χ0v) is 7.45. The van der Waals surface area contributed by atoms with Gasteiger partial charge >= 0.3 is 0 Å². The van der Waals surface area contributed by atoms with Crippen LogP contribution < -0.4 is 0 Å². The number of rotatable bonds is 2. The summed E-state index contributed by atoms with van der Waals surface area (Å²) in [7, 11) is 0. The summed E-state index contributed by atoms with van der Waals surface area (Å²) in [5.41, 5.74) is 0.435. The molecule has 0 aliphatic heterocycles. The van der Waals surface area contributed by atoms with Gasteiger partial charge in [-0.25, -0.2) is 4.98 Å². The lowest BCUT2D eigenvalue weighted by atomic mass is 10.3. The fraction of sp³-hybridized carbons (Fsp3) is 0.143. The van der Waals surface area contributed by atoms with Gasteiger partial charge in [0.1, 0.15) is 0 Å². The minimum atomic E-state index is -0.467. The molecule has 0 amide bonds. The highest BCUT2D eigenvalue weighted by atomic mass is 35.5. The Morgan fingerprint density at radius 3 is 2.73 bits per heavy atom. The van der Waals surface area contributed by atoms with Crippen molar-refractivity contribution in [2.75, 3.05) is 6.26 Å². The highest BCUT2D eigenvalue weighted by Gasteiger charge is 2.00. The molecule has 0 atom stereocenters. The summed E-state index contributed by atoms with van der Waals surface area (Å²) in [4.78, 5) is 14.5. The monoisotopic (exact) mass is 187 g/mol. The fourth-order valence-corrected chi connectivity index (χ4v) is 1.09. The number of aromatic nitrogens is 1. The van der Waals surface area contributed by atoms with E-state index in [1.54, 1.807) is 12.1 Å². The molecular formula is C7H6ClNOS. The molecule has 0 bridgehead atoms. The Kier molecular flexibility index (Phi) is 2.91. The first-order valence-electron chi connectivity index (χ1n) is 2.94. The quantitative estimate of drug-likeness (QED) is 0.525. The molecule has 1 aromatic heterocycles. The number of hydrogen-bond acceptors (Lipinski definition) is 3. The standard InChI is InChI=1S/C7H6ClNOS/c1-11-6-3-2-5(4-9-6)7(8)10/h2-4H,1H3. The van der Waals surface area contributed by atoms with Gasteiger partial charge in [-0.3, -0.25) is 4.79 Å². The predicted octanol–water partition coefficient (Wildman–Crippen LogP) is 2.18. The molecular weight excluding hydrogens is 182 g/mol. The Labute approximate surface area is 74.0 Å². The summed E-state index contributed by atoms with van der Waals surface area (Å²) in [6.45, 7) is 0. The van der Waals surface area contributed by atoms with Crippen LogP contribution in [0.3, 0.4) is 0 Å². The Balaban J connectivity index is 2.91. The second kappa shape index (κ2) is 3.74. The van der Waals surface area contributed by atoms with E-state index in [1.807, 2.05) is 6.26 Å². The van der Waals surface area contributed by atoms with Crippen LogP contribution in [0.4, 0.5) is 0 Å². The van der Waals surface area contributed by atoms with Crippen LogP contribution in [0.15, 0.2) is 23.4 Å². The lowest BCUT2D eigenvalue weighted by molar-refractivity contribution is 0.108. The molecule has 0 aliphatic rings. The van der Waals surface area contributed by atoms with E-state index in [2.05, 4.69) is 4.98 Å². The van der Waals surface area contributed by atoms with Crippen LogP contribution >= 0.6 is 23.4 Å². The molecule has 0 radical (unpaired) electrons. The summed E-state index contributed by atoms with van der Waals surface area (Å²) < 4.78 is 0. The Morgan fingerprint density at radius 2 is 2.36 bits per heavy atom. The first kappa shape index (κ1) is 8.56. The summed E-state index contributed by atoms with van der Waals surface area (Å²) >= 11 is 6.74. The highest BCUT2D eigenvalue weighted by Crippen LogP contribution is 2.11. The molecule has 1 heterocycles. The average Bonchev–Trinajstić information content (AvgIpc) is 2.05. The molecule has 11 heavy (non-hydrogen) atoms. The number of carbonyl (C=O) groups excluding carboxylic acids is 1. The second-order valence-electron chi connectivity index (χ2n) is 1.86. The second-order valence-corrected chi connectivity index (χ2v) is 3.03. The maximum atomic E-state index is 10.6. The highest BCUT2D eigenvalue weighted by molar-refractivity contribution is 7.98. The Bertz CT molecular complexity index is 260. The van der Waals surface area contributed by atoms with Crippen molar-refractivity contribution in [3.63, 3.8) is 0 Å². The van der Waals surface area contributed by atoms with E-state index in [-0.39, 0.29) is 0 Å². The van der Waals surface area contributed by atoms with Crippen molar-refractivity contribution in [2.24, 2.45) is 0 Å². The number of carbonyl (C=O) groups is 1. The summed E-state index contributed by atoms with van der Waals surface area (Å²) in [6.07, 6.45) is 3.39. The first-order valence-corrected chi connectivity index (χ1v) is 4.54. The smallest absolute Gasteiger partial charge is 0.253 e. The number of hydrogen-bond donors (Lipinski definition) is 0. The van der Waals surface area contributed by atoms with Gasteiger partial charge in [-0.1, -0.05) is 0 Å². The van der Waals surface area contributed by atoms with Crippen LogP contribution in [0.2, 0.25) is 0 Å². The molecule has 0 aliphatic carbocycles. The Morgan fingerprint density at radius 1 is 1.64 bits per heavy atom. The van der Waals surface area contributed by atoms with Crippen LogP contribution in [0.1, 0.15) is 10.4 Å². The third-order valence-corrected chi connectivity index (χ3v) is 2.05. The van der Waals surface area contributed by atoms with E-state index in [4.69, 9.17) is 11.6 Å². The average molecular weight is 188 g/mol. The maximum Gasteiger partial charge on any atom is 0.253 e. The minimum absolute atomic E-state index is 0.435. The lowest BCUT2D eigenvalue weighted by Crippen LogP contribution is -1.89. The van der Waals surface area contributed by atoms with Crippen molar-refractivity contribution in [2.45, 2.75) is 5.03 Å². The normalized spacial score (nSPS) is 9.64. The van der Waals surface area contributed by atoms with Gasteiger partial charge in [0.15, 0.2) is 0 Å². The molecule has 1 aromatic rings. The molecule has 1 rings (SSSR count).